The first kappa shape index (κ1) is 19.7. The molecule has 0 aliphatic heterocycles. The molecule has 0 heterocycles. The average Bonchev–Trinajstić information content (AvgIpc) is 2.61. The Labute approximate surface area is 158 Å². The van der Waals surface area contributed by atoms with E-state index in [4.69, 9.17) is 0 Å². The highest BCUT2D eigenvalue weighted by Crippen LogP contribution is 2.15. The van der Waals surface area contributed by atoms with Gasteiger partial charge in [-0.15, -0.1) is 11.8 Å². The van der Waals surface area contributed by atoms with E-state index in [0.717, 1.165) is 17.0 Å². The number of amides is 2. The maximum absolute atomic E-state index is 11.9. The van der Waals surface area contributed by atoms with Crippen molar-refractivity contribution in [2.24, 2.45) is 5.10 Å². The van der Waals surface area contributed by atoms with E-state index >= 15 is 0 Å². The zero-order valence-electron chi connectivity index (χ0n) is 15.2. The molecule has 136 valence electrons. The summed E-state index contributed by atoms with van der Waals surface area (Å²) in [6.45, 7) is 5.36. The minimum atomic E-state index is -0.127. The van der Waals surface area contributed by atoms with Gasteiger partial charge in [0.2, 0.25) is 11.8 Å². The second kappa shape index (κ2) is 9.77. The molecule has 0 aromatic heterocycles. The lowest BCUT2D eigenvalue weighted by Gasteiger charge is -2.06. The van der Waals surface area contributed by atoms with Crippen molar-refractivity contribution in [3.05, 3.63) is 65.2 Å². The van der Waals surface area contributed by atoms with Gasteiger partial charge in [-0.25, -0.2) is 5.43 Å². The van der Waals surface area contributed by atoms with Gasteiger partial charge in [-0.05, 0) is 42.7 Å². The molecule has 2 aromatic rings. The number of nitrogens with one attached hydrogen (secondary N) is 2. The Balaban J connectivity index is 1.81. The Morgan fingerprint density at radius 3 is 2.38 bits per heavy atom. The number of carbonyl (C=O) groups excluding carboxylic acids is 2. The van der Waals surface area contributed by atoms with E-state index < -0.39 is 0 Å². The molecule has 2 rings (SSSR count). The predicted molar refractivity (Wildman–Crippen MR) is 108 cm³/mol. The third kappa shape index (κ3) is 6.37. The molecular formula is C20H23N3O2S. The molecule has 2 N–H and O–H groups in total. The maximum atomic E-state index is 11.9. The van der Waals surface area contributed by atoms with Crippen LogP contribution in [-0.2, 0) is 15.3 Å². The molecule has 0 spiro atoms. The van der Waals surface area contributed by atoms with Gasteiger partial charge in [-0.1, -0.05) is 36.4 Å². The molecule has 0 fully saturated rings. The number of benzene rings is 2. The molecule has 6 heteroatoms. The van der Waals surface area contributed by atoms with Crippen LogP contribution in [0.15, 0.2) is 53.6 Å². The van der Waals surface area contributed by atoms with Crippen LogP contribution in [0.5, 0.6) is 0 Å². The monoisotopic (exact) mass is 369 g/mol. The minimum absolute atomic E-state index is 0.112. The van der Waals surface area contributed by atoms with Gasteiger partial charge in [0, 0.05) is 18.4 Å². The standard InChI is InChI=1S/C20H23N3O2S/c1-14-6-4-5-7-18(14)12-26-13-20(25)23-22-15(2)17-8-10-19(11-9-17)21-16(3)24/h4-11H,12-13H2,1-3H3,(H,21,24)(H,23,25)/b22-15-. The number of carbonyl (C=O) groups is 2. The number of rotatable bonds is 7. The number of anilines is 1. The van der Waals surface area contributed by atoms with Crippen molar-refractivity contribution in [2.45, 2.75) is 26.5 Å². The normalized spacial score (nSPS) is 11.1. The van der Waals surface area contributed by atoms with Crippen molar-refractivity contribution < 1.29 is 9.59 Å². The Kier molecular flexibility index (Phi) is 7.41. The largest absolute Gasteiger partial charge is 0.326 e. The summed E-state index contributed by atoms with van der Waals surface area (Å²) in [7, 11) is 0. The van der Waals surface area contributed by atoms with Crippen LogP contribution in [0.4, 0.5) is 5.69 Å². The average molecular weight is 369 g/mol. The molecule has 0 bridgehead atoms. The van der Waals surface area contributed by atoms with Gasteiger partial charge in [0.15, 0.2) is 0 Å². The van der Waals surface area contributed by atoms with E-state index in [1.165, 1.54) is 18.1 Å². The first-order valence-corrected chi connectivity index (χ1v) is 9.44. The fraction of sp³-hybridized carbons (Fsp3) is 0.250. The Hall–Kier alpha value is -2.60. The number of hydrogen-bond acceptors (Lipinski definition) is 4. The summed E-state index contributed by atoms with van der Waals surface area (Å²) in [5, 5.41) is 6.85. The first-order chi connectivity index (χ1) is 12.5. The maximum Gasteiger partial charge on any atom is 0.250 e. The van der Waals surface area contributed by atoms with Crippen molar-refractivity contribution in [2.75, 3.05) is 11.1 Å². The van der Waals surface area contributed by atoms with Gasteiger partial charge in [-0.2, -0.15) is 5.10 Å². The van der Waals surface area contributed by atoms with Crippen molar-refractivity contribution in [1.29, 1.82) is 0 Å². The highest BCUT2D eigenvalue weighted by Gasteiger charge is 2.04. The van der Waals surface area contributed by atoms with Gasteiger partial charge in [0.25, 0.3) is 0 Å². The van der Waals surface area contributed by atoms with E-state index in [0.29, 0.717) is 11.5 Å². The van der Waals surface area contributed by atoms with Crippen LogP contribution in [0.3, 0.4) is 0 Å². The number of nitrogens with zero attached hydrogens (tertiary/aromatic N) is 1. The molecule has 26 heavy (non-hydrogen) atoms. The summed E-state index contributed by atoms with van der Waals surface area (Å²) in [5.41, 5.74) is 7.37. The summed E-state index contributed by atoms with van der Waals surface area (Å²) in [4.78, 5) is 23.0. The summed E-state index contributed by atoms with van der Waals surface area (Å²) in [6.07, 6.45) is 0. The van der Waals surface area contributed by atoms with Crippen molar-refractivity contribution in [1.82, 2.24) is 5.43 Å². The Bertz CT molecular complexity index is 801. The molecule has 0 unspecified atom stereocenters. The van der Waals surface area contributed by atoms with E-state index in [-0.39, 0.29) is 11.8 Å². The summed E-state index contributed by atoms with van der Waals surface area (Å²) >= 11 is 1.56. The molecule has 0 atom stereocenters. The lowest BCUT2D eigenvalue weighted by atomic mass is 10.1. The summed E-state index contributed by atoms with van der Waals surface area (Å²) in [6, 6.07) is 15.5. The molecule has 0 radical (unpaired) electrons. The topological polar surface area (TPSA) is 70.6 Å². The van der Waals surface area contributed by atoms with E-state index in [9.17, 15) is 9.59 Å². The molecule has 0 aliphatic rings. The zero-order chi connectivity index (χ0) is 18.9. The van der Waals surface area contributed by atoms with Gasteiger partial charge in [-0.3, -0.25) is 9.59 Å². The molecule has 0 saturated carbocycles. The number of hydrazone groups is 1. The summed E-state index contributed by atoms with van der Waals surface area (Å²) < 4.78 is 0. The fourth-order valence-corrected chi connectivity index (χ4v) is 3.16. The Morgan fingerprint density at radius 2 is 1.73 bits per heavy atom. The van der Waals surface area contributed by atoms with Crippen molar-refractivity contribution in [3.8, 4) is 0 Å². The summed E-state index contributed by atoms with van der Waals surface area (Å²) in [5.74, 6) is 0.913. The minimum Gasteiger partial charge on any atom is -0.326 e. The van der Waals surface area contributed by atoms with E-state index in [2.05, 4.69) is 34.9 Å². The molecule has 5 nitrogen and oxygen atoms in total. The van der Waals surface area contributed by atoms with E-state index in [1.807, 2.05) is 31.2 Å². The molecule has 2 aromatic carbocycles. The quantitative estimate of drug-likeness (QED) is 0.577. The van der Waals surface area contributed by atoms with Gasteiger partial charge in [0.05, 0.1) is 11.5 Å². The number of thioether (sulfide) groups is 1. The van der Waals surface area contributed by atoms with Crippen LogP contribution in [-0.4, -0.2) is 23.3 Å². The second-order valence-electron chi connectivity index (χ2n) is 5.91. The van der Waals surface area contributed by atoms with Crippen LogP contribution in [0.25, 0.3) is 0 Å². The van der Waals surface area contributed by atoms with Crippen LogP contribution >= 0.6 is 11.8 Å². The van der Waals surface area contributed by atoms with Crippen LogP contribution in [0, 0.1) is 6.92 Å². The third-order valence-electron chi connectivity index (χ3n) is 3.72. The van der Waals surface area contributed by atoms with E-state index in [1.54, 1.807) is 23.9 Å². The van der Waals surface area contributed by atoms with Gasteiger partial charge < -0.3 is 5.32 Å². The van der Waals surface area contributed by atoms with Crippen LogP contribution in [0.1, 0.15) is 30.5 Å². The molecule has 0 aliphatic carbocycles. The van der Waals surface area contributed by atoms with Gasteiger partial charge in [0.1, 0.15) is 0 Å². The molecular weight excluding hydrogens is 346 g/mol. The molecule has 0 saturated heterocycles. The lowest BCUT2D eigenvalue weighted by molar-refractivity contribution is -0.118. The third-order valence-corrected chi connectivity index (χ3v) is 4.70. The van der Waals surface area contributed by atoms with Crippen LogP contribution in [0.2, 0.25) is 0 Å². The highest BCUT2D eigenvalue weighted by atomic mass is 32.2. The smallest absolute Gasteiger partial charge is 0.250 e. The van der Waals surface area contributed by atoms with Crippen molar-refractivity contribution >= 4 is 35.0 Å². The molecule has 2 amide bonds. The predicted octanol–water partition coefficient (Wildman–Crippen LogP) is 3.73. The van der Waals surface area contributed by atoms with Gasteiger partial charge >= 0.3 is 0 Å². The number of aryl methyl sites for hydroxylation is 1. The first-order valence-electron chi connectivity index (χ1n) is 8.29. The Morgan fingerprint density at radius 1 is 1.04 bits per heavy atom. The fourth-order valence-electron chi connectivity index (χ4n) is 2.27. The van der Waals surface area contributed by atoms with Crippen LogP contribution < -0.4 is 10.7 Å². The van der Waals surface area contributed by atoms with Crippen molar-refractivity contribution in [3.63, 3.8) is 0 Å². The zero-order valence-corrected chi connectivity index (χ0v) is 16.0. The highest BCUT2D eigenvalue weighted by molar-refractivity contribution is 7.99. The lowest BCUT2D eigenvalue weighted by Crippen LogP contribution is -2.21. The SMILES string of the molecule is CC(=O)Nc1ccc(/C(C)=N\NC(=O)CSCc2ccccc2C)cc1. The second-order valence-corrected chi connectivity index (χ2v) is 6.90. The number of hydrogen-bond donors (Lipinski definition) is 2.